The van der Waals surface area contributed by atoms with Crippen LogP contribution in [0.4, 0.5) is 5.82 Å². The fourth-order valence-electron chi connectivity index (χ4n) is 8.87. The molecule has 0 radical (unpaired) electrons. The van der Waals surface area contributed by atoms with Crippen molar-refractivity contribution in [1.82, 2.24) is 14.3 Å². The van der Waals surface area contributed by atoms with Crippen molar-refractivity contribution in [2.24, 2.45) is 22.1 Å². The number of hydrogen-bond donors (Lipinski definition) is 1. The Balaban J connectivity index is 1.20. The number of hydrogen-bond acceptors (Lipinski definition) is 8. The number of amides is 2. The van der Waals surface area contributed by atoms with Crippen molar-refractivity contribution in [3.05, 3.63) is 87.8 Å². The molecule has 11 nitrogen and oxygen atoms in total. The van der Waals surface area contributed by atoms with Gasteiger partial charge in [-0.15, -0.1) is 4.36 Å². The van der Waals surface area contributed by atoms with Crippen LogP contribution in [0.5, 0.6) is 5.75 Å². The van der Waals surface area contributed by atoms with Gasteiger partial charge in [0.25, 0.3) is 5.91 Å². The Morgan fingerprint density at radius 3 is 2.83 bits per heavy atom. The lowest BCUT2D eigenvalue weighted by Gasteiger charge is -2.45. The number of carbonyl (C=O) groups excluding carboxylic acids is 2. The maximum absolute atomic E-state index is 14.9. The third-order valence-corrected chi connectivity index (χ3v) is 14.9. The molecule has 1 aromatic carbocycles. The second-order valence-corrected chi connectivity index (χ2v) is 18.2. The quantitative estimate of drug-likeness (QED) is 0.300. The number of methoxy groups -OCH3 is 1. The lowest BCUT2D eigenvalue weighted by Crippen LogP contribution is -2.49. The maximum atomic E-state index is 14.9. The Morgan fingerprint density at radius 2 is 2.04 bits per heavy atom. The van der Waals surface area contributed by atoms with Crippen molar-refractivity contribution < 1.29 is 28.0 Å². The van der Waals surface area contributed by atoms with Gasteiger partial charge in [0.15, 0.2) is 11.6 Å². The molecule has 1 spiro atoms. The average Bonchev–Trinajstić information content (AvgIpc) is 3.52. The summed E-state index contributed by atoms with van der Waals surface area (Å²) in [5, 5.41) is 0.0541. The predicted octanol–water partition coefficient (Wildman–Crippen LogP) is 6.52. The molecule has 1 unspecified atom stereocenters. The topological polar surface area (TPSA) is 124 Å². The number of ether oxygens (including phenoxy) is 3. The van der Waals surface area contributed by atoms with Crippen molar-refractivity contribution in [1.29, 1.82) is 0 Å². The average molecular weight is 762 g/mol. The number of nitrogens with one attached hydrogen (secondary N) is 1. The third kappa shape index (κ3) is 6.92. The van der Waals surface area contributed by atoms with Crippen LogP contribution in [0.1, 0.15) is 83.6 Å². The third-order valence-electron chi connectivity index (χ3n) is 12.3. The molecule has 5 heterocycles. The Bertz CT molecular complexity index is 2050. The molecule has 2 bridgehead atoms. The van der Waals surface area contributed by atoms with Gasteiger partial charge < -0.3 is 23.7 Å². The van der Waals surface area contributed by atoms with Crippen LogP contribution in [-0.2, 0) is 44.4 Å². The minimum absolute atomic E-state index is 0.0503. The van der Waals surface area contributed by atoms with E-state index >= 15 is 0 Å². The molecule has 2 aliphatic carbocycles. The molecule has 0 saturated heterocycles. The molecule has 13 heteroatoms. The molecule has 1 N–H and O–H groups in total. The first-order valence-corrected chi connectivity index (χ1v) is 20.8. The molecule has 8 rings (SSSR count). The molecular formula is C40H48ClN5O6S. The van der Waals surface area contributed by atoms with Gasteiger partial charge in [0.2, 0.25) is 0 Å². The number of carbonyl (C=O) groups is 2. The summed E-state index contributed by atoms with van der Waals surface area (Å²) in [6.07, 6.45) is 11.5. The molecule has 1 fully saturated rings. The van der Waals surface area contributed by atoms with Gasteiger partial charge in [0, 0.05) is 49.1 Å². The molecule has 282 valence electrons. The standard InChI is InChI=1S/C40H48ClN5O6S/c1-25-6-4-8-35(50-3)32-11-9-28(32)20-46-23-40(15-5-7-27-18-30(41)10-12-33(27)40)24-52-36-14-13-34(42-37(36)46)39(48)44-53(49,26(25)2)43-38(47)29-19-31-22-51-17-16-45(31)21-29/h4,8,10,12-14,18-19,21,25-26,28,32,35H,5-7,9,11,15-17,20,22-24H2,1-3H3,(H,43,44,47,48,49)/b8-4-/t25-,26+,28-,32+,35-,40-,53?/m0/s1. The molecule has 53 heavy (non-hydrogen) atoms. The SMILES string of the molecule is CO[C@H]1/C=C\C[C@H](C)[C@@H](C)S(=O)(NC(=O)c2cc3n(c2)CCOC3)=NC(=O)c2ccc3c(n2)N(C[C@@H]2CC[C@H]21)C[C@@]1(CCCc2cc(Cl)ccc21)CO3. The lowest BCUT2D eigenvalue weighted by atomic mass is 9.68. The van der Waals surface area contributed by atoms with Crippen LogP contribution in [0.3, 0.4) is 0 Å². The molecule has 1 saturated carbocycles. The minimum atomic E-state index is -3.65. The zero-order valence-corrected chi connectivity index (χ0v) is 32.2. The van der Waals surface area contributed by atoms with E-state index in [0.717, 1.165) is 42.8 Å². The summed E-state index contributed by atoms with van der Waals surface area (Å²) in [6, 6.07) is 11.3. The predicted molar refractivity (Wildman–Crippen MR) is 204 cm³/mol. The highest BCUT2D eigenvalue weighted by Gasteiger charge is 2.45. The van der Waals surface area contributed by atoms with E-state index in [1.54, 1.807) is 38.4 Å². The van der Waals surface area contributed by atoms with Crippen LogP contribution in [0.15, 0.2) is 59.1 Å². The molecule has 7 atom stereocenters. The first-order chi connectivity index (χ1) is 25.6. The van der Waals surface area contributed by atoms with Gasteiger partial charge >= 0.3 is 5.91 Å². The fraction of sp³-hybridized carbons (Fsp3) is 0.525. The number of anilines is 1. The van der Waals surface area contributed by atoms with E-state index in [1.165, 1.54) is 11.1 Å². The summed E-state index contributed by atoms with van der Waals surface area (Å²) in [5.41, 5.74) is 3.45. The Kier molecular flexibility index (Phi) is 9.93. The second-order valence-electron chi connectivity index (χ2n) is 15.5. The van der Waals surface area contributed by atoms with E-state index in [9.17, 15) is 13.8 Å². The summed E-state index contributed by atoms with van der Waals surface area (Å²) >= 11 is 6.46. The van der Waals surface area contributed by atoms with Crippen LogP contribution in [-0.4, -0.2) is 70.3 Å². The van der Waals surface area contributed by atoms with Crippen LogP contribution < -0.4 is 14.4 Å². The van der Waals surface area contributed by atoms with E-state index in [0.29, 0.717) is 74.8 Å². The van der Waals surface area contributed by atoms with Crippen LogP contribution >= 0.6 is 11.6 Å². The number of aryl methyl sites for hydroxylation is 1. The Hall–Kier alpha value is -3.71. The lowest BCUT2D eigenvalue weighted by molar-refractivity contribution is 0.0131. The van der Waals surface area contributed by atoms with Gasteiger partial charge in [0.05, 0.1) is 36.7 Å². The molecule has 3 aromatic rings. The number of aromatic nitrogens is 2. The maximum Gasteiger partial charge on any atom is 0.305 e. The van der Waals surface area contributed by atoms with Crippen molar-refractivity contribution >= 4 is 39.1 Å². The summed E-state index contributed by atoms with van der Waals surface area (Å²) in [4.78, 5) is 35.1. The Morgan fingerprint density at radius 1 is 1.17 bits per heavy atom. The zero-order chi connectivity index (χ0) is 36.9. The van der Waals surface area contributed by atoms with E-state index in [-0.39, 0.29) is 23.1 Å². The van der Waals surface area contributed by atoms with Gasteiger partial charge in [-0.2, -0.15) is 0 Å². The number of allylic oxidation sites excluding steroid dienone is 1. The normalized spacial score (nSPS) is 31.8. The first-order valence-electron chi connectivity index (χ1n) is 18.8. The number of rotatable bonds is 3. The van der Waals surface area contributed by atoms with E-state index < -0.39 is 27.0 Å². The molecule has 3 aliphatic heterocycles. The van der Waals surface area contributed by atoms with Crippen molar-refractivity contribution in [2.75, 3.05) is 38.3 Å². The fourth-order valence-corrected chi connectivity index (χ4v) is 10.9. The van der Waals surface area contributed by atoms with Crippen molar-refractivity contribution in [3.8, 4) is 5.75 Å². The van der Waals surface area contributed by atoms with E-state index in [2.05, 4.69) is 38.3 Å². The summed E-state index contributed by atoms with van der Waals surface area (Å²) in [7, 11) is -1.89. The van der Waals surface area contributed by atoms with Gasteiger partial charge in [0.1, 0.15) is 15.6 Å². The monoisotopic (exact) mass is 761 g/mol. The van der Waals surface area contributed by atoms with Gasteiger partial charge in [-0.1, -0.05) is 36.7 Å². The van der Waals surface area contributed by atoms with E-state index in [4.69, 9.17) is 30.8 Å². The van der Waals surface area contributed by atoms with Crippen LogP contribution in [0.2, 0.25) is 5.02 Å². The highest BCUT2D eigenvalue weighted by molar-refractivity contribution is 7.93. The van der Waals surface area contributed by atoms with Gasteiger partial charge in [-0.3, -0.25) is 14.3 Å². The van der Waals surface area contributed by atoms with Gasteiger partial charge in [-0.05, 0) is 105 Å². The summed E-state index contributed by atoms with van der Waals surface area (Å²) < 4.78 is 42.2. The highest BCUT2D eigenvalue weighted by atomic mass is 35.5. The van der Waals surface area contributed by atoms with Crippen LogP contribution in [0.25, 0.3) is 0 Å². The molecule has 2 aromatic heterocycles. The van der Waals surface area contributed by atoms with Gasteiger partial charge in [-0.25, -0.2) is 9.19 Å². The zero-order valence-electron chi connectivity index (χ0n) is 30.6. The van der Waals surface area contributed by atoms with Crippen molar-refractivity contribution in [3.63, 3.8) is 0 Å². The largest absolute Gasteiger partial charge is 0.489 e. The number of nitrogens with zero attached hydrogens (tertiary/aromatic N) is 4. The number of benzene rings is 1. The number of halogens is 1. The number of pyridine rings is 1. The number of fused-ring (bicyclic) bond motifs is 5. The van der Waals surface area contributed by atoms with Crippen LogP contribution in [0, 0.1) is 17.8 Å². The summed E-state index contributed by atoms with van der Waals surface area (Å²) in [6.45, 7) is 7.15. The minimum Gasteiger partial charge on any atom is -0.489 e. The van der Waals surface area contributed by atoms with E-state index in [1.807, 2.05) is 17.6 Å². The molecular weight excluding hydrogens is 714 g/mol. The smallest absolute Gasteiger partial charge is 0.305 e. The highest BCUT2D eigenvalue weighted by Crippen LogP contribution is 2.46. The second kappa shape index (κ2) is 14.5. The first kappa shape index (κ1) is 36.3. The molecule has 5 aliphatic rings. The Labute approximate surface area is 316 Å². The molecule has 2 amide bonds. The summed E-state index contributed by atoms with van der Waals surface area (Å²) in [5.74, 6) is 0.323. The van der Waals surface area contributed by atoms with Crippen molar-refractivity contribution in [2.45, 2.75) is 82.3 Å².